The van der Waals surface area contributed by atoms with Crippen LogP contribution in [0.1, 0.15) is 26.3 Å². The summed E-state index contributed by atoms with van der Waals surface area (Å²) in [5.74, 6) is -1.01. The Morgan fingerprint density at radius 1 is 0.850 bits per heavy atom. The van der Waals surface area contributed by atoms with Gasteiger partial charge in [-0.1, -0.05) is 0 Å². The summed E-state index contributed by atoms with van der Waals surface area (Å²) in [6, 6.07) is 4.45. The Hall–Kier alpha value is -2.08. The minimum Gasteiger partial charge on any atom is -0.461 e. The zero-order valence-electron chi connectivity index (χ0n) is 11.3. The van der Waals surface area contributed by atoms with Crippen molar-refractivity contribution >= 4 is 30.3 Å². The second kappa shape index (κ2) is 8.16. The molecule has 0 heterocycles. The summed E-state index contributed by atoms with van der Waals surface area (Å²) in [4.78, 5) is 32.6. The van der Waals surface area contributed by atoms with E-state index >= 15 is 0 Å². The van der Waals surface area contributed by atoms with Crippen molar-refractivity contribution in [2.24, 2.45) is 0 Å². The standard InChI is InChI=1S/C13H14O6.ClH/c1-8(14)17-7-11-4-12(18-9(2)15)6-13(5-11)19-10(3)16;/h4-6H,7H2,1-3H3;1H. The van der Waals surface area contributed by atoms with Crippen LogP contribution in [0.15, 0.2) is 18.2 Å². The Morgan fingerprint density at radius 2 is 1.30 bits per heavy atom. The van der Waals surface area contributed by atoms with Crippen LogP contribution in [-0.4, -0.2) is 17.9 Å². The van der Waals surface area contributed by atoms with Crippen LogP contribution in [-0.2, 0) is 25.7 Å². The average Bonchev–Trinajstić information content (AvgIpc) is 2.24. The van der Waals surface area contributed by atoms with Crippen LogP contribution in [0.2, 0.25) is 0 Å². The number of rotatable bonds is 4. The van der Waals surface area contributed by atoms with Gasteiger partial charge in [-0.15, -0.1) is 12.4 Å². The van der Waals surface area contributed by atoms with E-state index in [1.165, 1.54) is 39.0 Å². The van der Waals surface area contributed by atoms with Crippen molar-refractivity contribution in [3.63, 3.8) is 0 Å². The van der Waals surface area contributed by atoms with Crippen LogP contribution in [0.5, 0.6) is 11.5 Å². The molecule has 1 aromatic carbocycles. The number of esters is 3. The highest BCUT2D eigenvalue weighted by Gasteiger charge is 2.08. The Bertz CT molecular complexity index is 477. The minimum atomic E-state index is -0.501. The van der Waals surface area contributed by atoms with Crippen molar-refractivity contribution in [2.45, 2.75) is 27.4 Å². The first-order chi connectivity index (χ1) is 8.86. The van der Waals surface area contributed by atoms with Gasteiger partial charge in [0.25, 0.3) is 0 Å². The van der Waals surface area contributed by atoms with Crippen molar-refractivity contribution < 1.29 is 28.6 Å². The van der Waals surface area contributed by atoms with Gasteiger partial charge in [-0.05, 0) is 17.7 Å². The lowest BCUT2D eigenvalue weighted by molar-refractivity contribution is -0.142. The lowest BCUT2D eigenvalue weighted by Crippen LogP contribution is -2.06. The molecule has 0 unspecified atom stereocenters. The third kappa shape index (κ3) is 6.75. The maximum Gasteiger partial charge on any atom is 0.308 e. The summed E-state index contributed by atoms with van der Waals surface area (Å²) in [6.07, 6.45) is 0. The van der Waals surface area contributed by atoms with Gasteiger partial charge in [0.1, 0.15) is 18.1 Å². The molecule has 0 atom stereocenters. The highest BCUT2D eigenvalue weighted by Crippen LogP contribution is 2.24. The van der Waals surface area contributed by atoms with Gasteiger partial charge in [0.2, 0.25) is 0 Å². The van der Waals surface area contributed by atoms with E-state index < -0.39 is 17.9 Å². The molecule has 7 heteroatoms. The summed E-state index contributed by atoms with van der Waals surface area (Å²) in [5, 5.41) is 0. The second-order valence-corrected chi connectivity index (χ2v) is 3.78. The van der Waals surface area contributed by atoms with Gasteiger partial charge in [-0.3, -0.25) is 14.4 Å². The molecule has 0 spiro atoms. The third-order valence-corrected chi connectivity index (χ3v) is 1.91. The number of carbonyl (C=O) groups is 3. The Labute approximate surface area is 122 Å². The first-order valence-electron chi connectivity index (χ1n) is 5.51. The minimum absolute atomic E-state index is 0. The fourth-order valence-corrected chi connectivity index (χ4v) is 1.35. The summed E-state index contributed by atoms with van der Waals surface area (Å²) in [5.41, 5.74) is 0.546. The first-order valence-corrected chi connectivity index (χ1v) is 5.51. The molecule has 0 bridgehead atoms. The van der Waals surface area contributed by atoms with Gasteiger partial charge in [0.05, 0.1) is 0 Å². The zero-order chi connectivity index (χ0) is 14.4. The highest BCUT2D eigenvalue weighted by atomic mass is 35.5. The number of carbonyl (C=O) groups excluding carboxylic acids is 3. The van der Waals surface area contributed by atoms with E-state index in [0.717, 1.165) is 0 Å². The number of hydrogen-bond acceptors (Lipinski definition) is 6. The predicted molar refractivity (Wildman–Crippen MR) is 71.8 cm³/mol. The quantitative estimate of drug-likeness (QED) is 0.625. The predicted octanol–water partition coefficient (Wildman–Crippen LogP) is 2.02. The molecule has 20 heavy (non-hydrogen) atoms. The van der Waals surface area contributed by atoms with E-state index in [1.54, 1.807) is 0 Å². The fraction of sp³-hybridized carbons (Fsp3) is 0.308. The molecule has 1 rings (SSSR count). The average molecular weight is 303 g/mol. The molecule has 0 amide bonds. The molecular formula is C13H15ClO6. The molecular weight excluding hydrogens is 288 g/mol. The van der Waals surface area contributed by atoms with Crippen molar-refractivity contribution in [3.8, 4) is 11.5 Å². The van der Waals surface area contributed by atoms with E-state index in [1.807, 2.05) is 0 Å². The molecule has 0 radical (unpaired) electrons. The first kappa shape index (κ1) is 17.9. The van der Waals surface area contributed by atoms with Crippen LogP contribution in [0.25, 0.3) is 0 Å². The van der Waals surface area contributed by atoms with Crippen LogP contribution in [0, 0.1) is 0 Å². The molecule has 110 valence electrons. The van der Waals surface area contributed by atoms with Gasteiger partial charge in [0, 0.05) is 26.8 Å². The summed E-state index contributed by atoms with van der Waals surface area (Å²) in [6.45, 7) is 3.79. The van der Waals surface area contributed by atoms with Gasteiger partial charge < -0.3 is 14.2 Å². The molecule has 0 saturated heterocycles. The van der Waals surface area contributed by atoms with E-state index in [-0.39, 0.29) is 30.5 Å². The van der Waals surface area contributed by atoms with E-state index in [0.29, 0.717) is 5.56 Å². The van der Waals surface area contributed by atoms with Crippen LogP contribution < -0.4 is 9.47 Å². The number of hydrogen-bond donors (Lipinski definition) is 0. The van der Waals surface area contributed by atoms with Gasteiger partial charge >= 0.3 is 17.9 Å². The molecule has 0 fully saturated rings. The Balaban J connectivity index is 0.00000361. The maximum absolute atomic E-state index is 10.9. The lowest BCUT2D eigenvalue weighted by Gasteiger charge is -2.09. The Kier molecular flexibility index (Phi) is 7.31. The van der Waals surface area contributed by atoms with Gasteiger partial charge in [0.15, 0.2) is 0 Å². The van der Waals surface area contributed by atoms with Crippen molar-refractivity contribution in [2.75, 3.05) is 0 Å². The summed E-state index contributed by atoms with van der Waals surface area (Å²) in [7, 11) is 0. The topological polar surface area (TPSA) is 78.9 Å². The SMILES string of the molecule is CC(=O)OCc1cc(OC(C)=O)cc(OC(C)=O)c1.Cl. The van der Waals surface area contributed by atoms with Crippen LogP contribution in [0.4, 0.5) is 0 Å². The van der Waals surface area contributed by atoms with E-state index in [2.05, 4.69) is 0 Å². The molecule has 6 nitrogen and oxygen atoms in total. The summed E-state index contributed by atoms with van der Waals surface area (Å²) >= 11 is 0. The smallest absolute Gasteiger partial charge is 0.308 e. The monoisotopic (exact) mass is 302 g/mol. The maximum atomic E-state index is 10.9. The molecule has 0 aliphatic rings. The van der Waals surface area contributed by atoms with Crippen LogP contribution in [0.3, 0.4) is 0 Å². The molecule has 0 saturated carbocycles. The number of ether oxygens (including phenoxy) is 3. The van der Waals surface area contributed by atoms with E-state index in [9.17, 15) is 14.4 Å². The van der Waals surface area contributed by atoms with Gasteiger partial charge in [-0.2, -0.15) is 0 Å². The molecule has 0 N–H and O–H groups in total. The highest BCUT2D eigenvalue weighted by molar-refractivity contribution is 5.85. The lowest BCUT2D eigenvalue weighted by atomic mass is 10.2. The zero-order valence-corrected chi connectivity index (χ0v) is 12.1. The largest absolute Gasteiger partial charge is 0.461 e. The third-order valence-electron chi connectivity index (χ3n) is 1.91. The molecule has 0 aliphatic heterocycles. The molecule has 0 aromatic heterocycles. The fourth-order valence-electron chi connectivity index (χ4n) is 1.35. The van der Waals surface area contributed by atoms with Gasteiger partial charge in [-0.25, -0.2) is 0 Å². The number of benzene rings is 1. The Morgan fingerprint density at radius 3 is 1.65 bits per heavy atom. The number of halogens is 1. The summed E-state index contributed by atoms with van der Waals surface area (Å²) < 4.78 is 14.7. The van der Waals surface area contributed by atoms with Crippen molar-refractivity contribution in [3.05, 3.63) is 23.8 Å². The van der Waals surface area contributed by atoms with Crippen molar-refractivity contribution in [1.29, 1.82) is 0 Å². The molecule has 0 aliphatic carbocycles. The van der Waals surface area contributed by atoms with Crippen LogP contribution >= 0.6 is 12.4 Å². The normalized spacial score (nSPS) is 9.15. The second-order valence-electron chi connectivity index (χ2n) is 3.78. The van der Waals surface area contributed by atoms with E-state index in [4.69, 9.17) is 14.2 Å². The van der Waals surface area contributed by atoms with Crippen molar-refractivity contribution in [1.82, 2.24) is 0 Å². The molecule has 1 aromatic rings.